The van der Waals surface area contributed by atoms with Crippen molar-refractivity contribution in [1.29, 1.82) is 0 Å². The quantitative estimate of drug-likeness (QED) is 0.709. The van der Waals surface area contributed by atoms with Crippen LogP contribution in [0.3, 0.4) is 0 Å². The van der Waals surface area contributed by atoms with Gasteiger partial charge in [0, 0.05) is 19.0 Å². The van der Waals surface area contributed by atoms with Crippen LogP contribution in [-0.4, -0.2) is 37.0 Å². The molecule has 2 atom stereocenters. The van der Waals surface area contributed by atoms with E-state index in [0.29, 0.717) is 6.04 Å². The van der Waals surface area contributed by atoms with Crippen LogP contribution in [-0.2, 0) is 9.47 Å². The monoisotopic (exact) mass is 211 g/mol. The zero-order chi connectivity index (χ0) is 10.5. The molecule has 1 N–H and O–H groups in total. The first kappa shape index (κ1) is 10.1. The van der Waals surface area contributed by atoms with E-state index in [2.05, 4.69) is 19.2 Å². The molecule has 86 valence electrons. The summed E-state index contributed by atoms with van der Waals surface area (Å²) in [5.41, 5.74) is -0.194. The molecule has 3 heteroatoms. The number of ether oxygens (including phenoxy) is 2. The maximum absolute atomic E-state index is 6.17. The SMILES string of the molecule is CC1(C)OCCC12OCCNC2C1CC1. The van der Waals surface area contributed by atoms with Gasteiger partial charge in [-0.3, -0.25) is 0 Å². The van der Waals surface area contributed by atoms with E-state index in [0.717, 1.165) is 32.1 Å². The maximum atomic E-state index is 6.17. The minimum atomic E-state index is -0.131. The fourth-order valence-corrected chi connectivity index (χ4v) is 3.34. The largest absolute Gasteiger partial charge is 0.372 e. The normalized spacial score (nSPS) is 44.8. The average molecular weight is 211 g/mol. The van der Waals surface area contributed by atoms with Crippen LogP contribution in [0, 0.1) is 5.92 Å². The molecule has 3 fully saturated rings. The lowest BCUT2D eigenvalue weighted by atomic mass is 9.76. The van der Waals surface area contributed by atoms with Crippen molar-refractivity contribution in [3.05, 3.63) is 0 Å². The summed E-state index contributed by atoms with van der Waals surface area (Å²) >= 11 is 0. The van der Waals surface area contributed by atoms with Crippen molar-refractivity contribution >= 4 is 0 Å². The van der Waals surface area contributed by atoms with Crippen LogP contribution < -0.4 is 5.32 Å². The van der Waals surface area contributed by atoms with Crippen molar-refractivity contribution in [2.45, 2.75) is 50.4 Å². The topological polar surface area (TPSA) is 30.5 Å². The van der Waals surface area contributed by atoms with Gasteiger partial charge in [-0.15, -0.1) is 0 Å². The highest BCUT2D eigenvalue weighted by atomic mass is 16.6. The van der Waals surface area contributed by atoms with Crippen molar-refractivity contribution in [3.63, 3.8) is 0 Å². The van der Waals surface area contributed by atoms with Gasteiger partial charge >= 0.3 is 0 Å². The van der Waals surface area contributed by atoms with Crippen LogP contribution >= 0.6 is 0 Å². The molecule has 0 aromatic carbocycles. The lowest BCUT2D eigenvalue weighted by Crippen LogP contribution is -2.66. The first-order valence-electron chi connectivity index (χ1n) is 6.17. The second kappa shape index (κ2) is 3.19. The van der Waals surface area contributed by atoms with Crippen molar-refractivity contribution in [1.82, 2.24) is 5.32 Å². The molecule has 0 aromatic heterocycles. The molecule has 3 aliphatic rings. The number of rotatable bonds is 1. The van der Waals surface area contributed by atoms with Crippen LogP contribution in [0.4, 0.5) is 0 Å². The molecule has 1 spiro atoms. The Labute approximate surface area is 91.5 Å². The average Bonchev–Trinajstić information content (AvgIpc) is 2.97. The minimum Gasteiger partial charge on any atom is -0.372 e. The Morgan fingerprint density at radius 1 is 1.13 bits per heavy atom. The fourth-order valence-electron chi connectivity index (χ4n) is 3.34. The minimum absolute atomic E-state index is 0.0631. The lowest BCUT2D eigenvalue weighted by Gasteiger charge is -2.49. The zero-order valence-corrected chi connectivity index (χ0v) is 9.71. The molecule has 15 heavy (non-hydrogen) atoms. The Kier molecular flexibility index (Phi) is 2.14. The molecule has 2 saturated heterocycles. The summed E-state index contributed by atoms with van der Waals surface area (Å²) in [6.45, 7) is 7.04. The van der Waals surface area contributed by atoms with Gasteiger partial charge in [0.1, 0.15) is 5.60 Å². The number of hydrogen-bond acceptors (Lipinski definition) is 3. The summed E-state index contributed by atoms with van der Waals surface area (Å²) in [6.07, 6.45) is 3.77. The summed E-state index contributed by atoms with van der Waals surface area (Å²) < 4.78 is 12.0. The second-order valence-corrected chi connectivity index (χ2v) is 5.62. The number of hydrogen-bond donors (Lipinski definition) is 1. The first-order valence-corrected chi connectivity index (χ1v) is 6.17. The van der Waals surface area contributed by atoms with Gasteiger partial charge in [0.2, 0.25) is 0 Å². The van der Waals surface area contributed by atoms with Gasteiger partial charge < -0.3 is 14.8 Å². The standard InChI is InChI=1S/C12H21NO2/c1-11(2)12(5-7-14-11)10(9-3-4-9)13-6-8-15-12/h9-10,13H,3-8H2,1-2H3. The summed E-state index contributed by atoms with van der Waals surface area (Å²) in [5.74, 6) is 0.825. The molecular weight excluding hydrogens is 190 g/mol. The Morgan fingerprint density at radius 3 is 2.53 bits per heavy atom. The molecule has 0 aromatic rings. The van der Waals surface area contributed by atoms with Gasteiger partial charge in [-0.25, -0.2) is 0 Å². The maximum Gasteiger partial charge on any atom is 0.114 e. The molecule has 2 unspecified atom stereocenters. The molecule has 0 radical (unpaired) electrons. The van der Waals surface area contributed by atoms with Crippen LogP contribution in [0.1, 0.15) is 33.1 Å². The Morgan fingerprint density at radius 2 is 1.93 bits per heavy atom. The molecule has 0 amide bonds. The Bertz CT molecular complexity index is 262. The third-order valence-corrected chi connectivity index (χ3v) is 4.38. The highest BCUT2D eigenvalue weighted by Gasteiger charge is 2.60. The molecule has 2 aliphatic heterocycles. The van der Waals surface area contributed by atoms with Gasteiger partial charge in [0.05, 0.1) is 18.8 Å². The second-order valence-electron chi connectivity index (χ2n) is 5.62. The zero-order valence-electron chi connectivity index (χ0n) is 9.71. The molecule has 1 aliphatic carbocycles. The highest BCUT2D eigenvalue weighted by Crippen LogP contribution is 2.49. The van der Waals surface area contributed by atoms with E-state index < -0.39 is 0 Å². The summed E-state index contributed by atoms with van der Waals surface area (Å²) in [5, 5.41) is 3.66. The fraction of sp³-hybridized carbons (Fsp3) is 1.00. The van der Waals surface area contributed by atoms with Gasteiger partial charge in [-0.1, -0.05) is 0 Å². The summed E-state index contributed by atoms with van der Waals surface area (Å²) in [4.78, 5) is 0. The molecule has 2 heterocycles. The van der Waals surface area contributed by atoms with Crippen LogP contribution in [0.25, 0.3) is 0 Å². The van der Waals surface area contributed by atoms with Gasteiger partial charge in [-0.05, 0) is 32.6 Å². The van der Waals surface area contributed by atoms with Gasteiger partial charge in [0.15, 0.2) is 0 Å². The number of nitrogens with one attached hydrogen (secondary N) is 1. The van der Waals surface area contributed by atoms with E-state index in [1.54, 1.807) is 0 Å². The Balaban J connectivity index is 1.91. The number of morpholine rings is 1. The first-order chi connectivity index (χ1) is 7.16. The van der Waals surface area contributed by atoms with Crippen molar-refractivity contribution in [2.75, 3.05) is 19.8 Å². The molecule has 0 bridgehead atoms. The van der Waals surface area contributed by atoms with Crippen molar-refractivity contribution < 1.29 is 9.47 Å². The van der Waals surface area contributed by atoms with Crippen LogP contribution in [0.15, 0.2) is 0 Å². The molecule has 3 nitrogen and oxygen atoms in total. The van der Waals surface area contributed by atoms with Gasteiger partial charge in [-0.2, -0.15) is 0 Å². The third-order valence-electron chi connectivity index (χ3n) is 4.38. The molecule has 3 rings (SSSR count). The van der Waals surface area contributed by atoms with Crippen molar-refractivity contribution in [3.8, 4) is 0 Å². The molecular formula is C12H21NO2. The van der Waals surface area contributed by atoms with E-state index in [1.165, 1.54) is 12.8 Å². The molecule has 1 saturated carbocycles. The van der Waals surface area contributed by atoms with Crippen LogP contribution in [0.2, 0.25) is 0 Å². The van der Waals surface area contributed by atoms with E-state index in [-0.39, 0.29) is 11.2 Å². The predicted octanol–water partition coefficient (Wildman–Crippen LogP) is 1.32. The summed E-state index contributed by atoms with van der Waals surface area (Å²) in [7, 11) is 0. The smallest absolute Gasteiger partial charge is 0.114 e. The van der Waals surface area contributed by atoms with Gasteiger partial charge in [0.25, 0.3) is 0 Å². The van der Waals surface area contributed by atoms with E-state index >= 15 is 0 Å². The Hall–Kier alpha value is -0.120. The summed E-state index contributed by atoms with van der Waals surface area (Å²) in [6, 6.07) is 0.517. The third kappa shape index (κ3) is 1.37. The van der Waals surface area contributed by atoms with E-state index in [4.69, 9.17) is 9.47 Å². The van der Waals surface area contributed by atoms with Crippen LogP contribution in [0.5, 0.6) is 0 Å². The predicted molar refractivity (Wildman–Crippen MR) is 57.8 cm³/mol. The lowest BCUT2D eigenvalue weighted by molar-refractivity contribution is -0.174. The highest BCUT2D eigenvalue weighted by molar-refractivity contribution is 5.13. The van der Waals surface area contributed by atoms with Crippen molar-refractivity contribution in [2.24, 2.45) is 5.92 Å². The van der Waals surface area contributed by atoms with E-state index in [9.17, 15) is 0 Å². The van der Waals surface area contributed by atoms with E-state index in [1.807, 2.05) is 0 Å².